The SMILES string of the molecule is C=C(C)CN=c1scc(-c2ccc([N+](=O)[O-])cc2)n1/N=C\c1ccc(N(CC)CC)cc1. The van der Waals surface area contributed by atoms with Crippen molar-refractivity contribution in [2.75, 3.05) is 24.5 Å². The zero-order valence-electron chi connectivity index (χ0n) is 18.6. The third-order valence-corrected chi connectivity index (χ3v) is 5.74. The number of non-ortho nitro benzene ring substituents is 1. The molecule has 0 radical (unpaired) electrons. The van der Waals surface area contributed by atoms with Gasteiger partial charge >= 0.3 is 0 Å². The van der Waals surface area contributed by atoms with Crippen LogP contribution in [0.2, 0.25) is 0 Å². The van der Waals surface area contributed by atoms with Gasteiger partial charge in [0.15, 0.2) is 0 Å². The Kier molecular flexibility index (Phi) is 7.72. The second kappa shape index (κ2) is 10.7. The molecular formula is C24H27N5O2S. The normalized spacial score (nSPS) is 11.8. The van der Waals surface area contributed by atoms with Crippen molar-refractivity contribution in [2.45, 2.75) is 20.8 Å². The Morgan fingerprint density at radius 1 is 1.16 bits per heavy atom. The summed E-state index contributed by atoms with van der Waals surface area (Å²) in [7, 11) is 0. The molecule has 0 spiro atoms. The smallest absolute Gasteiger partial charge is 0.269 e. The van der Waals surface area contributed by atoms with Gasteiger partial charge in [-0.05, 0) is 50.6 Å². The molecule has 1 aromatic heterocycles. The number of aromatic nitrogens is 1. The molecule has 0 aliphatic heterocycles. The lowest BCUT2D eigenvalue weighted by atomic mass is 10.1. The number of nitro groups is 1. The van der Waals surface area contributed by atoms with Gasteiger partial charge in [-0.2, -0.15) is 5.10 Å². The molecule has 0 aliphatic rings. The summed E-state index contributed by atoms with van der Waals surface area (Å²) in [5, 5.41) is 17.6. The number of rotatable bonds is 9. The number of nitro benzene ring substituents is 1. The first-order chi connectivity index (χ1) is 15.4. The first-order valence-corrected chi connectivity index (χ1v) is 11.3. The first-order valence-electron chi connectivity index (χ1n) is 10.4. The molecule has 2 aromatic carbocycles. The van der Waals surface area contributed by atoms with Gasteiger partial charge in [0, 0.05) is 41.9 Å². The van der Waals surface area contributed by atoms with Crippen molar-refractivity contribution in [3.63, 3.8) is 0 Å². The second-order valence-corrected chi connectivity index (χ2v) is 8.14. The molecule has 0 fully saturated rings. The zero-order valence-corrected chi connectivity index (χ0v) is 19.4. The van der Waals surface area contributed by atoms with Crippen LogP contribution in [0.3, 0.4) is 0 Å². The van der Waals surface area contributed by atoms with Crippen LogP contribution >= 0.6 is 11.3 Å². The third-order valence-electron chi connectivity index (χ3n) is 4.89. The Morgan fingerprint density at radius 2 is 1.81 bits per heavy atom. The molecule has 0 aliphatic carbocycles. The summed E-state index contributed by atoms with van der Waals surface area (Å²) in [6.45, 7) is 12.6. The minimum Gasteiger partial charge on any atom is -0.372 e. The molecule has 166 valence electrons. The van der Waals surface area contributed by atoms with Crippen LogP contribution in [0, 0.1) is 10.1 Å². The average molecular weight is 450 g/mol. The maximum absolute atomic E-state index is 11.0. The van der Waals surface area contributed by atoms with Gasteiger partial charge in [-0.3, -0.25) is 15.1 Å². The van der Waals surface area contributed by atoms with Gasteiger partial charge in [0.1, 0.15) is 0 Å². The predicted molar refractivity (Wildman–Crippen MR) is 133 cm³/mol. The minimum atomic E-state index is -0.404. The fourth-order valence-corrected chi connectivity index (χ4v) is 4.00. The second-order valence-electron chi connectivity index (χ2n) is 7.30. The number of anilines is 1. The Balaban J connectivity index is 1.97. The van der Waals surface area contributed by atoms with Crippen LogP contribution in [0.15, 0.2) is 76.2 Å². The van der Waals surface area contributed by atoms with E-state index in [1.165, 1.54) is 29.2 Å². The summed E-state index contributed by atoms with van der Waals surface area (Å²) in [5.74, 6) is 0. The van der Waals surface area contributed by atoms with E-state index in [4.69, 9.17) is 5.10 Å². The molecule has 0 bridgehead atoms. The standard InChI is InChI=1S/C24H27N5O2S/c1-5-27(6-2)21-11-7-19(8-12-21)16-26-28-23(17-32-24(28)25-15-18(3)4)20-9-13-22(14-10-20)29(30)31/h7-14,16-17H,3,5-6,15H2,1-2,4H3/b25-24?,26-16-. The Morgan fingerprint density at radius 3 is 2.38 bits per heavy atom. The molecule has 1 heterocycles. The third kappa shape index (κ3) is 5.59. The highest BCUT2D eigenvalue weighted by Gasteiger charge is 2.10. The van der Waals surface area contributed by atoms with Gasteiger partial charge in [0.05, 0.1) is 23.4 Å². The van der Waals surface area contributed by atoms with Gasteiger partial charge in [-0.1, -0.05) is 24.3 Å². The van der Waals surface area contributed by atoms with E-state index in [-0.39, 0.29) is 5.69 Å². The summed E-state index contributed by atoms with van der Waals surface area (Å²) in [4.78, 5) is 18.2. The van der Waals surface area contributed by atoms with Crippen LogP contribution in [0.1, 0.15) is 26.3 Å². The zero-order chi connectivity index (χ0) is 23.1. The number of hydrogen-bond acceptors (Lipinski definition) is 6. The minimum absolute atomic E-state index is 0.0551. The highest BCUT2D eigenvalue weighted by atomic mass is 32.1. The van der Waals surface area contributed by atoms with Gasteiger partial charge < -0.3 is 4.90 Å². The molecule has 7 nitrogen and oxygen atoms in total. The lowest BCUT2D eigenvalue weighted by Gasteiger charge is -2.20. The Bertz CT molecular complexity index is 1170. The largest absolute Gasteiger partial charge is 0.372 e. The van der Waals surface area contributed by atoms with E-state index in [1.54, 1.807) is 23.0 Å². The van der Waals surface area contributed by atoms with E-state index in [0.29, 0.717) is 6.54 Å². The fraction of sp³-hybridized carbons (Fsp3) is 0.250. The highest BCUT2D eigenvalue weighted by molar-refractivity contribution is 7.07. The van der Waals surface area contributed by atoms with E-state index < -0.39 is 4.92 Å². The Hall–Kier alpha value is -3.52. The van der Waals surface area contributed by atoms with Crippen molar-refractivity contribution < 1.29 is 4.92 Å². The molecule has 0 N–H and O–H groups in total. The number of hydrogen-bond donors (Lipinski definition) is 0. The van der Waals surface area contributed by atoms with Crippen LogP contribution < -0.4 is 9.70 Å². The molecular weight excluding hydrogens is 422 g/mol. The molecule has 0 unspecified atom stereocenters. The van der Waals surface area contributed by atoms with Crippen molar-refractivity contribution in [2.24, 2.45) is 10.1 Å². The van der Waals surface area contributed by atoms with E-state index in [9.17, 15) is 10.1 Å². The lowest BCUT2D eigenvalue weighted by Crippen LogP contribution is -2.21. The van der Waals surface area contributed by atoms with Crippen LogP contribution in [-0.4, -0.2) is 35.4 Å². The monoisotopic (exact) mass is 449 g/mol. The van der Waals surface area contributed by atoms with E-state index in [2.05, 4.69) is 42.5 Å². The molecule has 8 heteroatoms. The number of nitrogens with zero attached hydrogens (tertiary/aromatic N) is 5. The van der Waals surface area contributed by atoms with Gasteiger partial charge in [-0.25, -0.2) is 4.68 Å². The Labute approximate surface area is 191 Å². The summed E-state index contributed by atoms with van der Waals surface area (Å²) in [5.41, 5.74) is 4.82. The van der Waals surface area contributed by atoms with Crippen molar-refractivity contribution in [3.8, 4) is 11.3 Å². The summed E-state index contributed by atoms with van der Waals surface area (Å²) < 4.78 is 1.77. The van der Waals surface area contributed by atoms with Gasteiger partial charge in [0.2, 0.25) is 4.80 Å². The maximum Gasteiger partial charge on any atom is 0.269 e. The lowest BCUT2D eigenvalue weighted by molar-refractivity contribution is -0.384. The quantitative estimate of drug-likeness (QED) is 0.192. The predicted octanol–water partition coefficient (Wildman–Crippen LogP) is 5.33. The van der Waals surface area contributed by atoms with Crippen molar-refractivity contribution in [3.05, 3.63) is 86.5 Å². The van der Waals surface area contributed by atoms with Crippen molar-refractivity contribution in [1.82, 2.24) is 4.68 Å². The molecule has 3 aromatic rings. The van der Waals surface area contributed by atoms with Crippen LogP contribution in [0.4, 0.5) is 11.4 Å². The fourth-order valence-electron chi connectivity index (χ4n) is 3.16. The summed E-state index contributed by atoms with van der Waals surface area (Å²) in [6.07, 6.45) is 1.80. The average Bonchev–Trinajstić information content (AvgIpc) is 3.20. The molecule has 3 rings (SSSR count). The van der Waals surface area contributed by atoms with Crippen LogP contribution in [-0.2, 0) is 0 Å². The molecule has 0 amide bonds. The van der Waals surface area contributed by atoms with E-state index in [1.807, 2.05) is 24.4 Å². The topological polar surface area (TPSA) is 76.0 Å². The van der Waals surface area contributed by atoms with Gasteiger partial charge in [0.25, 0.3) is 5.69 Å². The summed E-state index contributed by atoms with van der Waals surface area (Å²) >= 11 is 1.47. The maximum atomic E-state index is 11.0. The van der Waals surface area contributed by atoms with E-state index in [0.717, 1.165) is 40.3 Å². The van der Waals surface area contributed by atoms with Crippen LogP contribution in [0.25, 0.3) is 11.3 Å². The molecule has 0 atom stereocenters. The van der Waals surface area contributed by atoms with E-state index >= 15 is 0 Å². The molecule has 0 saturated carbocycles. The van der Waals surface area contributed by atoms with Gasteiger partial charge in [-0.15, -0.1) is 11.3 Å². The summed E-state index contributed by atoms with van der Waals surface area (Å²) in [6, 6.07) is 14.7. The number of thiazole rings is 1. The highest BCUT2D eigenvalue weighted by Crippen LogP contribution is 2.23. The number of benzene rings is 2. The molecule has 0 saturated heterocycles. The van der Waals surface area contributed by atoms with Crippen LogP contribution in [0.5, 0.6) is 0 Å². The van der Waals surface area contributed by atoms with Crippen molar-refractivity contribution >= 4 is 28.9 Å². The molecule has 32 heavy (non-hydrogen) atoms. The first kappa shape index (κ1) is 23.1. The van der Waals surface area contributed by atoms with Crippen molar-refractivity contribution in [1.29, 1.82) is 0 Å².